The Labute approximate surface area is 139 Å². The average molecular weight is 316 g/mol. The molecule has 1 heteroatoms. The number of benzene rings is 1. The quantitative estimate of drug-likeness (QED) is 0.333. The van der Waals surface area contributed by atoms with Gasteiger partial charge in [0.2, 0.25) is 0 Å². The lowest BCUT2D eigenvalue weighted by Gasteiger charge is -2.30. The van der Waals surface area contributed by atoms with E-state index in [4.69, 9.17) is 0 Å². The van der Waals surface area contributed by atoms with Crippen LogP contribution in [0.25, 0.3) is 0 Å². The fraction of sp³-hybridized carbons (Fsp3) is 0.619. The van der Waals surface area contributed by atoms with Gasteiger partial charge in [0.05, 0.1) is 0 Å². The third kappa shape index (κ3) is 5.24. The van der Waals surface area contributed by atoms with Crippen LogP contribution in [0, 0.1) is 5.92 Å². The molecule has 0 saturated carbocycles. The minimum atomic E-state index is 0.388. The fourth-order valence-corrected chi connectivity index (χ4v) is 4.73. The first-order valence-electron chi connectivity index (χ1n) is 9.09. The predicted octanol–water partition coefficient (Wildman–Crippen LogP) is 6.69. The topological polar surface area (TPSA) is 0 Å². The standard InChI is InChI=1S/C21H33P/c1-5-17(3)16-19-11-13-20(14-12-19)21(4,22-6-2)15-7-8-18-9-10-18/h9,11-14,17,22H,5-8,10,15-16H2,1-4H3. The molecule has 0 spiro atoms. The number of hydrogen-bond donors (Lipinski definition) is 0. The Morgan fingerprint density at radius 3 is 2.41 bits per heavy atom. The Bertz CT molecular complexity index is 485. The molecule has 0 heterocycles. The van der Waals surface area contributed by atoms with Gasteiger partial charge in [-0.25, -0.2) is 0 Å². The van der Waals surface area contributed by atoms with Crippen LogP contribution in [-0.2, 0) is 11.6 Å². The summed E-state index contributed by atoms with van der Waals surface area (Å²) in [6.45, 7) is 9.45. The lowest BCUT2D eigenvalue weighted by Crippen LogP contribution is -2.16. The highest BCUT2D eigenvalue weighted by atomic mass is 31.1. The van der Waals surface area contributed by atoms with Gasteiger partial charge in [-0.15, -0.1) is 8.58 Å². The second-order valence-electron chi connectivity index (χ2n) is 7.20. The van der Waals surface area contributed by atoms with Crippen LogP contribution in [0.4, 0.5) is 0 Å². The van der Waals surface area contributed by atoms with Crippen LogP contribution < -0.4 is 0 Å². The predicted molar refractivity (Wildman–Crippen MR) is 102 cm³/mol. The molecule has 22 heavy (non-hydrogen) atoms. The first-order chi connectivity index (χ1) is 10.6. The van der Waals surface area contributed by atoms with Crippen LogP contribution in [-0.4, -0.2) is 6.16 Å². The van der Waals surface area contributed by atoms with Crippen LogP contribution >= 0.6 is 8.58 Å². The smallest absolute Gasteiger partial charge is 0.00979 e. The van der Waals surface area contributed by atoms with E-state index in [1.807, 2.05) is 0 Å². The largest absolute Gasteiger partial charge is 0.112 e. The summed E-state index contributed by atoms with van der Waals surface area (Å²) in [5.74, 6) is 0.793. The minimum Gasteiger partial charge on any atom is -0.112 e. The molecule has 3 unspecified atom stereocenters. The van der Waals surface area contributed by atoms with Crippen molar-refractivity contribution < 1.29 is 0 Å². The molecule has 0 N–H and O–H groups in total. The maximum absolute atomic E-state index is 2.49. The highest BCUT2D eigenvalue weighted by Crippen LogP contribution is 2.45. The molecule has 3 atom stereocenters. The lowest BCUT2D eigenvalue weighted by atomic mass is 9.91. The maximum atomic E-state index is 2.49. The monoisotopic (exact) mass is 316 g/mol. The molecule has 122 valence electrons. The molecule has 0 saturated heterocycles. The van der Waals surface area contributed by atoms with E-state index in [0.29, 0.717) is 5.16 Å². The van der Waals surface area contributed by atoms with E-state index in [1.165, 1.54) is 50.3 Å². The first-order valence-corrected chi connectivity index (χ1v) is 10.3. The zero-order chi connectivity index (χ0) is 16.0. The average Bonchev–Trinajstić information content (AvgIpc) is 3.32. The van der Waals surface area contributed by atoms with Gasteiger partial charge in [-0.2, -0.15) is 0 Å². The Balaban J connectivity index is 2.00. The van der Waals surface area contributed by atoms with Crippen LogP contribution in [0.3, 0.4) is 0 Å². The molecule has 0 bridgehead atoms. The van der Waals surface area contributed by atoms with Crippen LogP contribution in [0.15, 0.2) is 35.9 Å². The molecule has 0 nitrogen and oxygen atoms in total. The summed E-state index contributed by atoms with van der Waals surface area (Å²) in [7, 11) is 1.03. The Morgan fingerprint density at radius 2 is 1.86 bits per heavy atom. The Hall–Kier alpha value is -0.610. The second-order valence-corrected chi connectivity index (χ2v) is 9.36. The lowest BCUT2D eigenvalue weighted by molar-refractivity contribution is 0.558. The summed E-state index contributed by atoms with van der Waals surface area (Å²) >= 11 is 0. The van der Waals surface area contributed by atoms with Gasteiger partial charge in [-0.1, -0.05) is 70.0 Å². The Kier molecular flexibility index (Phi) is 6.69. The molecule has 0 amide bonds. The van der Waals surface area contributed by atoms with Gasteiger partial charge in [0.25, 0.3) is 0 Å². The molecule has 2 rings (SSSR count). The third-order valence-corrected chi connectivity index (χ3v) is 6.78. The summed E-state index contributed by atoms with van der Waals surface area (Å²) in [5, 5.41) is 0.388. The highest BCUT2D eigenvalue weighted by molar-refractivity contribution is 7.39. The maximum Gasteiger partial charge on any atom is 0.00979 e. The van der Waals surface area contributed by atoms with Crippen molar-refractivity contribution in [1.29, 1.82) is 0 Å². The molecule has 0 fully saturated rings. The van der Waals surface area contributed by atoms with Crippen molar-refractivity contribution in [1.82, 2.24) is 0 Å². The van der Waals surface area contributed by atoms with E-state index >= 15 is 0 Å². The van der Waals surface area contributed by atoms with Crippen LogP contribution in [0.1, 0.15) is 70.9 Å². The molecule has 0 aromatic heterocycles. The first kappa shape index (κ1) is 17.7. The SMILES string of the molecule is CCPC(C)(CCCC1=CC1)c1ccc(CC(C)CC)cc1. The minimum absolute atomic E-state index is 0.388. The molecule has 1 aliphatic rings. The van der Waals surface area contributed by atoms with Gasteiger partial charge < -0.3 is 0 Å². The van der Waals surface area contributed by atoms with Crippen molar-refractivity contribution in [3.8, 4) is 0 Å². The van der Waals surface area contributed by atoms with Gasteiger partial charge in [0, 0.05) is 5.16 Å². The van der Waals surface area contributed by atoms with Gasteiger partial charge in [0.15, 0.2) is 0 Å². The van der Waals surface area contributed by atoms with Gasteiger partial charge in [-0.05, 0) is 55.3 Å². The molecular weight excluding hydrogens is 283 g/mol. The summed E-state index contributed by atoms with van der Waals surface area (Å²) in [5.41, 5.74) is 4.75. The molecule has 0 aliphatic heterocycles. The summed E-state index contributed by atoms with van der Waals surface area (Å²) in [4.78, 5) is 0. The highest BCUT2D eigenvalue weighted by Gasteiger charge is 2.25. The van der Waals surface area contributed by atoms with E-state index in [9.17, 15) is 0 Å². The molecule has 1 aliphatic carbocycles. The van der Waals surface area contributed by atoms with Crippen molar-refractivity contribution in [3.63, 3.8) is 0 Å². The van der Waals surface area contributed by atoms with Crippen molar-refractivity contribution in [2.75, 3.05) is 6.16 Å². The zero-order valence-corrected chi connectivity index (χ0v) is 15.9. The summed E-state index contributed by atoms with van der Waals surface area (Å²) in [6.07, 6.45) is 11.5. The number of allylic oxidation sites excluding steroid dienone is 2. The van der Waals surface area contributed by atoms with Crippen molar-refractivity contribution in [3.05, 3.63) is 47.0 Å². The molecule has 1 aromatic rings. The van der Waals surface area contributed by atoms with E-state index in [1.54, 1.807) is 11.1 Å². The van der Waals surface area contributed by atoms with Crippen LogP contribution in [0.2, 0.25) is 0 Å². The van der Waals surface area contributed by atoms with E-state index in [0.717, 1.165) is 14.5 Å². The third-order valence-electron chi connectivity index (χ3n) is 5.11. The normalized spacial score (nSPS) is 18.3. The summed E-state index contributed by atoms with van der Waals surface area (Å²) in [6, 6.07) is 9.58. The van der Waals surface area contributed by atoms with E-state index in [2.05, 4.69) is 58.0 Å². The van der Waals surface area contributed by atoms with Crippen LogP contribution in [0.5, 0.6) is 0 Å². The van der Waals surface area contributed by atoms with Gasteiger partial charge >= 0.3 is 0 Å². The van der Waals surface area contributed by atoms with E-state index < -0.39 is 0 Å². The fourth-order valence-electron chi connectivity index (χ4n) is 3.23. The Morgan fingerprint density at radius 1 is 1.18 bits per heavy atom. The van der Waals surface area contributed by atoms with Crippen molar-refractivity contribution in [2.24, 2.45) is 5.92 Å². The molecule has 1 aromatic carbocycles. The van der Waals surface area contributed by atoms with Crippen molar-refractivity contribution >= 4 is 8.58 Å². The second kappa shape index (κ2) is 8.30. The van der Waals surface area contributed by atoms with E-state index in [-0.39, 0.29) is 0 Å². The van der Waals surface area contributed by atoms with Gasteiger partial charge in [-0.3, -0.25) is 0 Å². The zero-order valence-electron chi connectivity index (χ0n) is 14.9. The van der Waals surface area contributed by atoms with Gasteiger partial charge in [0.1, 0.15) is 0 Å². The number of rotatable bonds is 10. The summed E-state index contributed by atoms with van der Waals surface area (Å²) < 4.78 is 0. The number of hydrogen-bond acceptors (Lipinski definition) is 0. The molecule has 0 radical (unpaired) electrons. The van der Waals surface area contributed by atoms with Crippen molar-refractivity contribution in [2.45, 2.75) is 71.4 Å². The molecular formula is C21H33P.